The summed E-state index contributed by atoms with van der Waals surface area (Å²) >= 11 is 0. The largest absolute Gasteiger partial charge is 0.417 e. The molecule has 90 valence electrons. The van der Waals surface area contributed by atoms with Crippen LogP contribution in [0.5, 0.6) is 0 Å². The minimum absolute atomic E-state index is 0.425. The van der Waals surface area contributed by atoms with Gasteiger partial charge in [0.15, 0.2) is 5.58 Å². The second-order valence-electron chi connectivity index (χ2n) is 4.11. The molecule has 0 radical (unpaired) electrons. The molecule has 18 heavy (non-hydrogen) atoms. The first-order valence-corrected chi connectivity index (χ1v) is 5.84. The standard InChI is InChI=1S/C14H12N2O2/c1-2-11-7-10(5-6-15-11)9-3-4-13-12(8-9)16-14(17)18-13/h3-8H,2H2,1H3,(H,16,17). The van der Waals surface area contributed by atoms with Crippen molar-refractivity contribution in [2.75, 3.05) is 0 Å². The van der Waals surface area contributed by atoms with Crippen molar-refractivity contribution in [1.82, 2.24) is 9.97 Å². The van der Waals surface area contributed by atoms with Crippen LogP contribution >= 0.6 is 0 Å². The molecule has 0 amide bonds. The number of nitrogens with zero attached hydrogens (tertiary/aromatic N) is 1. The van der Waals surface area contributed by atoms with Crippen molar-refractivity contribution in [2.45, 2.75) is 13.3 Å². The van der Waals surface area contributed by atoms with Crippen LogP contribution in [0.2, 0.25) is 0 Å². The maximum atomic E-state index is 11.1. The van der Waals surface area contributed by atoms with E-state index in [2.05, 4.69) is 23.0 Å². The van der Waals surface area contributed by atoms with E-state index in [1.807, 2.05) is 18.2 Å². The first-order chi connectivity index (χ1) is 8.76. The van der Waals surface area contributed by atoms with Crippen LogP contribution in [0.25, 0.3) is 22.2 Å². The third-order valence-corrected chi connectivity index (χ3v) is 2.93. The van der Waals surface area contributed by atoms with Crippen LogP contribution in [0, 0.1) is 0 Å². The summed E-state index contributed by atoms with van der Waals surface area (Å²) in [6, 6.07) is 9.66. The van der Waals surface area contributed by atoms with E-state index in [0.29, 0.717) is 11.1 Å². The maximum Gasteiger partial charge on any atom is 0.417 e. The van der Waals surface area contributed by atoms with Crippen molar-refractivity contribution >= 4 is 11.1 Å². The smallest absolute Gasteiger partial charge is 0.408 e. The van der Waals surface area contributed by atoms with E-state index in [9.17, 15) is 4.79 Å². The van der Waals surface area contributed by atoms with Gasteiger partial charge in [-0.1, -0.05) is 13.0 Å². The number of aryl methyl sites for hydroxylation is 1. The highest BCUT2D eigenvalue weighted by Gasteiger charge is 2.04. The lowest BCUT2D eigenvalue weighted by Crippen LogP contribution is -1.93. The summed E-state index contributed by atoms with van der Waals surface area (Å²) in [4.78, 5) is 18.0. The average Bonchev–Trinajstić information content (AvgIpc) is 2.77. The van der Waals surface area contributed by atoms with E-state index in [-0.39, 0.29) is 0 Å². The molecule has 0 aliphatic rings. The topological polar surface area (TPSA) is 58.9 Å². The highest BCUT2D eigenvalue weighted by molar-refractivity contribution is 5.80. The molecular weight excluding hydrogens is 228 g/mol. The van der Waals surface area contributed by atoms with E-state index in [4.69, 9.17) is 4.42 Å². The Hall–Kier alpha value is -2.36. The molecule has 0 fully saturated rings. The summed E-state index contributed by atoms with van der Waals surface area (Å²) in [7, 11) is 0. The van der Waals surface area contributed by atoms with Crippen LogP contribution < -0.4 is 5.76 Å². The molecule has 0 unspecified atom stereocenters. The number of pyridine rings is 1. The van der Waals surface area contributed by atoms with Gasteiger partial charge in [-0.3, -0.25) is 9.97 Å². The number of fused-ring (bicyclic) bond motifs is 1. The normalized spacial score (nSPS) is 10.9. The molecular formula is C14H12N2O2. The molecule has 3 rings (SSSR count). The van der Waals surface area contributed by atoms with Crippen molar-refractivity contribution in [3.63, 3.8) is 0 Å². The lowest BCUT2D eigenvalue weighted by molar-refractivity contribution is 0.555. The predicted molar refractivity (Wildman–Crippen MR) is 69.4 cm³/mol. The Labute approximate surface area is 103 Å². The fourth-order valence-corrected chi connectivity index (χ4v) is 1.98. The summed E-state index contributed by atoms with van der Waals surface area (Å²) in [5, 5.41) is 0. The number of aromatic nitrogens is 2. The first-order valence-electron chi connectivity index (χ1n) is 5.84. The minimum Gasteiger partial charge on any atom is -0.408 e. The van der Waals surface area contributed by atoms with Crippen LogP contribution in [-0.2, 0) is 6.42 Å². The van der Waals surface area contributed by atoms with Crippen molar-refractivity contribution < 1.29 is 4.42 Å². The Balaban J connectivity index is 2.15. The number of benzene rings is 1. The SMILES string of the molecule is CCc1cc(-c2ccc3oc(=O)[nH]c3c2)ccn1. The Kier molecular flexibility index (Phi) is 2.48. The minimum atomic E-state index is -0.425. The van der Waals surface area contributed by atoms with Gasteiger partial charge in [0, 0.05) is 11.9 Å². The van der Waals surface area contributed by atoms with Gasteiger partial charge in [-0.05, 0) is 41.8 Å². The lowest BCUT2D eigenvalue weighted by Gasteiger charge is -2.03. The van der Waals surface area contributed by atoms with Crippen LogP contribution in [0.1, 0.15) is 12.6 Å². The van der Waals surface area contributed by atoms with Gasteiger partial charge in [0.2, 0.25) is 0 Å². The van der Waals surface area contributed by atoms with Gasteiger partial charge >= 0.3 is 5.76 Å². The van der Waals surface area contributed by atoms with Gasteiger partial charge in [0.25, 0.3) is 0 Å². The van der Waals surface area contributed by atoms with E-state index in [1.54, 1.807) is 12.3 Å². The molecule has 1 aromatic carbocycles. The zero-order valence-corrected chi connectivity index (χ0v) is 9.93. The Morgan fingerprint density at radius 2 is 2.06 bits per heavy atom. The molecule has 0 aliphatic heterocycles. The van der Waals surface area contributed by atoms with Crippen molar-refractivity contribution in [3.8, 4) is 11.1 Å². The molecule has 1 N–H and O–H groups in total. The Morgan fingerprint density at radius 3 is 2.89 bits per heavy atom. The van der Waals surface area contributed by atoms with E-state index in [0.717, 1.165) is 23.2 Å². The van der Waals surface area contributed by atoms with E-state index in [1.165, 1.54) is 0 Å². The maximum absolute atomic E-state index is 11.1. The zero-order chi connectivity index (χ0) is 12.5. The summed E-state index contributed by atoms with van der Waals surface area (Å²) in [5.41, 5.74) is 4.47. The van der Waals surface area contributed by atoms with Gasteiger partial charge in [0.1, 0.15) is 0 Å². The van der Waals surface area contributed by atoms with Gasteiger partial charge < -0.3 is 4.42 Å². The molecule has 2 aromatic heterocycles. The number of aromatic amines is 1. The van der Waals surface area contributed by atoms with Crippen LogP contribution in [-0.4, -0.2) is 9.97 Å². The summed E-state index contributed by atoms with van der Waals surface area (Å²) in [6.07, 6.45) is 2.70. The van der Waals surface area contributed by atoms with Crippen molar-refractivity contribution in [3.05, 3.63) is 52.8 Å². The van der Waals surface area contributed by atoms with Crippen LogP contribution in [0.4, 0.5) is 0 Å². The molecule has 4 nitrogen and oxygen atoms in total. The lowest BCUT2D eigenvalue weighted by atomic mass is 10.1. The molecule has 0 bridgehead atoms. The summed E-state index contributed by atoms with van der Waals surface area (Å²) in [6.45, 7) is 2.07. The fraction of sp³-hybridized carbons (Fsp3) is 0.143. The van der Waals surface area contributed by atoms with Crippen LogP contribution in [0.3, 0.4) is 0 Å². The first kappa shape index (κ1) is 10.8. The van der Waals surface area contributed by atoms with Crippen molar-refractivity contribution in [1.29, 1.82) is 0 Å². The van der Waals surface area contributed by atoms with Gasteiger partial charge in [0.05, 0.1) is 5.52 Å². The summed E-state index contributed by atoms with van der Waals surface area (Å²) < 4.78 is 4.98. The number of hydrogen-bond acceptors (Lipinski definition) is 3. The van der Waals surface area contributed by atoms with Gasteiger partial charge in [-0.25, -0.2) is 4.79 Å². The number of rotatable bonds is 2. The number of hydrogen-bond donors (Lipinski definition) is 1. The second kappa shape index (κ2) is 4.14. The molecule has 0 atom stereocenters. The quantitative estimate of drug-likeness (QED) is 0.749. The Morgan fingerprint density at radius 1 is 1.22 bits per heavy atom. The molecule has 0 saturated carbocycles. The zero-order valence-electron chi connectivity index (χ0n) is 9.93. The monoisotopic (exact) mass is 240 g/mol. The predicted octanol–water partition coefficient (Wildman–Crippen LogP) is 2.75. The van der Waals surface area contributed by atoms with Gasteiger partial charge in [-0.15, -0.1) is 0 Å². The van der Waals surface area contributed by atoms with Crippen molar-refractivity contribution in [2.24, 2.45) is 0 Å². The molecule has 4 heteroatoms. The van der Waals surface area contributed by atoms with Gasteiger partial charge in [-0.2, -0.15) is 0 Å². The Bertz CT molecular complexity index is 756. The number of H-pyrrole nitrogens is 1. The molecule has 3 aromatic rings. The molecule has 0 spiro atoms. The third kappa shape index (κ3) is 1.82. The third-order valence-electron chi connectivity index (χ3n) is 2.93. The highest BCUT2D eigenvalue weighted by atomic mass is 16.4. The fourth-order valence-electron chi connectivity index (χ4n) is 1.98. The average molecular weight is 240 g/mol. The second-order valence-corrected chi connectivity index (χ2v) is 4.11. The number of oxazole rings is 1. The number of nitrogens with one attached hydrogen (secondary N) is 1. The summed E-state index contributed by atoms with van der Waals surface area (Å²) in [5.74, 6) is -0.425. The highest BCUT2D eigenvalue weighted by Crippen LogP contribution is 2.23. The van der Waals surface area contributed by atoms with Crippen LogP contribution in [0.15, 0.2) is 45.7 Å². The molecule has 0 aliphatic carbocycles. The van der Waals surface area contributed by atoms with E-state index < -0.39 is 5.76 Å². The molecule has 0 saturated heterocycles. The molecule has 2 heterocycles. The van der Waals surface area contributed by atoms with E-state index >= 15 is 0 Å².